The minimum atomic E-state index is 0.0923. The quantitative estimate of drug-likeness (QED) is 0.819. The maximum absolute atomic E-state index is 12.9. The summed E-state index contributed by atoms with van der Waals surface area (Å²) in [5, 5.41) is 0. The van der Waals surface area contributed by atoms with Crippen LogP contribution in [0.3, 0.4) is 0 Å². The number of rotatable bonds is 5. The molecule has 0 aromatic carbocycles. The van der Waals surface area contributed by atoms with Crippen molar-refractivity contribution in [3.8, 4) is 0 Å². The summed E-state index contributed by atoms with van der Waals surface area (Å²) in [6.45, 7) is 15.0. The fraction of sp³-hybridized carbons (Fsp3) is 0.700. The molecule has 1 aromatic rings. The zero-order valence-electron chi connectivity index (χ0n) is 16.6. The van der Waals surface area contributed by atoms with Crippen molar-refractivity contribution >= 4 is 11.8 Å². The lowest BCUT2D eigenvalue weighted by Gasteiger charge is -2.36. The van der Waals surface area contributed by atoms with Crippen molar-refractivity contribution < 1.29 is 9.59 Å². The molecule has 5 nitrogen and oxygen atoms in total. The van der Waals surface area contributed by atoms with Crippen LogP contribution >= 0.6 is 0 Å². The normalized spacial score (nSPS) is 15.4. The summed E-state index contributed by atoms with van der Waals surface area (Å²) in [4.78, 5) is 29.3. The zero-order chi connectivity index (χ0) is 18.7. The van der Waals surface area contributed by atoms with E-state index in [-0.39, 0.29) is 17.7 Å². The molecule has 0 unspecified atom stereocenters. The first-order valence-corrected chi connectivity index (χ1v) is 9.58. The Balaban J connectivity index is 2.05. The van der Waals surface area contributed by atoms with E-state index < -0.39 is 0 Å². The molecule has 1 aliphatic rings. The second-order valence-electron chi connectivity index (χ2n) is 7.38. The van der Waals surface area contributed by atoms with Crippen LogP contribution < -0.4 is 0 Å². The lowest BCUT2D eigenvalue weighted by Crippen LogP contribution is -2.52. The Labute approximate surface area is 152 Å². The third kappa shape index (κ3) is 3.91. The number of hydrogen-bond acceptors (Lipinski definition) is 2. The number of aromatic nitrogens is 1. The Morgan fingerprint density at radius 1 is 1.00 bits per heavy atom. The largest absolute Gasteiger partial charge is 0.346 e. The molecule has 5 heteroatoms. The van der Waals surface area contributed by atoms with Gasteiger partial charge in [-0.1, -0.05) is 13.8 Å². The Hall–Kier alpha value is -1.78. The molecule has 0 saturated carbocycles. The molecule has 140 valence electrons. The topological polar surface area (TPSA) is 45.6 Å². The summed E-state index contributed by atoms with van der Waals surface area (Å²) in [5.74, 6) is 0.455. The van der Waals surface area contributed by atoms with Gasteiger partial charge in [0.1, 0.15) is 0 Å². The number of amides is 2. The van der Waals surface area contributed by atoms with E-state index in [9.17, 15) is 9.59 Å². The average Bonchev–Trinajstić information content (AvgIpc) is 2.89. The van der Waals surface area contributed by atoms with Gasteiger partial charge in [-0.05, 0) is 46.6 Å². The SMILES string of the molecule is CCC(CC)C(=O)N1CCN(C(=O)c2cc(C)n(C(C)C)c2C)CC1. The summed E-state index contributed by atoms with van der Waals surface area (Å²) in [5.41, 5.74) is 2.96. The fourth-order valence-electron chi connectivity index (χ4n) is 3.98. The summed E-state index contributed by atoms with van der Waals surface area (Å²) < 4.78 is 2.21. The molecule has 1 saturated heterocycles. The highest BCUT2D eigenvalue weighted by molar-refractivity contribution is 5.96. The van der Waals surface area contributed by atoms with E-state index in [1.807, 2.05) is 22.8 Å². The first-order chi connectivity index (χ1) is 11.8. The van der Waals surface area contributed by atoms with Crippen LogP contribution in [0.5, 0.6) is 0 Å². The van der Waals surface area contributed by atoms with E-state index in [4.69, 9.17) is 0 Å². The van der Waals surface area contributed by atoms with E-state index in [1.54, 1.807) is 0 Å². The molecule has 2 heterocycles. The highest BCUT2D eigenvalue weighted by atomic mass is 16.2. The van der Waals surface area contributed by atoms with E-state index >= 15 is 0 Å². The van der Waals surface area contributed by atoms with Gasteiger partial charge in [0, 0.05) is 49.5 Å². The Bertz CT molecular complexity index is 621. The van der Waals surface area contributed by atoms with E-state index in [2.05, 4.69) is 39.2 Å². The fourth-order valence-corrected chi connectivity index (χ4v) is 3.98. The molecule has 25 heavy (non-hydrogen) atoms. The van der Waals surface area contributed by atoms with Crippen LogP contribution in [0.15, 0.2) is 6.07 Å². The van der Waals surface area contributed by atoms with Crippen LogP contribution in [0.2, 0.25) is 0 Å². The number of hydrogen-bond donors (Lipinski definition) is 0. The smallest absolute Gasteiger partial charge is 0.255 e. The molecular formula is C20H33N3O2. The van der Waals surface area contributed by atoms with Gasteiger partial charge in [-0.15, -0.1) is 0 Å². The van der Waals surface area contributed by atoms with E-state index in [0.717, 1.165) is 29.8 Å². The van der Waals surface area contributed by atoms with Gasteiger partial charge >= 0.3 is 0 Å². The van der Waals surface area contributed by atoms with Gasteiger partial charge in [0.2, 0.25) is 5.91 Å². The summed E-state index contributed by atoms with van der Waals surface area (Å²) in [6, 6.07) is 2.34. The third-order valence-electron chi connectivity index (χ3n) is 5.44. The van der Waals surface area contributed by atoms with Crippen molar-refractivity contribution in [2.75, 3.05) is 26.2 Å². The summed E-state index contributed by atoms with van der Waals surface area (Å²) in [6.07, 6.45) is 1.77. The van der Waals surface area contributed by atoms with Gasteiger partial charge in [0.15, 0.2) is 0 Å². The summed E-state index contributed by atoms with van der Waals surface area (Å²) in [7, 11) is 0. The molecule has 0 N–H and O–H groups in total. The van der Waals surface area contributed by atoms with Gasteiger partial charge < -0.3 is 14.4 Å². The lowest BCUT2D eigenvalue weighted by molar-refractivity contribution is -0.137. The second-order valence-corrected chi connectivity index (χ2v) is 7.38. The number of aryl methyl sites for hydroxylation is 1. The minimum absolute atomic E-state index is 0.0923. The highest BCUT2D eigenvalue weighted by Crippen LogP contribution is 2.22. The first kappa shape index (κ1) is 19.5. The van der Waals surface area contributed by atoms with Crippen molar-refractivity contribution in [1.82, 2.24) is 14.4 Å². The van der Waals surface area contributed by atoms with Crippen molar-refractivity contribution in [1.29, 1.82) is 0 Å². The number of carbonyl (C=O) groups is 2. The summed E-state index contributed by atoms with van der Waals surface area (Å²) >= 11 is 0. The number of piperazine rings is 1. The number of carbonyl (C=O) groups excluding carboxylic acids is 2. The van der Waals surface area contributed by atoms with Gasteiger partial charge in [-0.25, -0.2) is 0 Å². The van der Waals surface area contributed by atoms with Crippen LogP contribution in [-0.4, -0.2) is 52.4 Å². The van der Waals surface area contributed by atoms with Crippen LogP contribution in [-0.2, 0) is 4.79 Å². The zero-order valence-corrected chi connectivity index (χ0v) is 16.6. The van der Waals surface area contributed by atoms with Crippen LogP contribution in [0.4, 0.5) is 0 Å². The molecule has 2 rings (SSSR count). The van der Waals surface area contributed by atoms with Crippen molar-refractivity contribution in [3.05, 3.63) is 23.0 Å². The Kier molecular flexibility index (Phi) is 6.31. The first-order valence-electron chi connectivity index (χ1n) is 9.58. The molecular weight excluding hydrogens is 314 g/mol. The molecule has 0 spiro atoms. The van der Waals surface area contributed by atoms with Crippen LogP contribution in [0, 0.1) is 19.8 Å². The third-order valence-corrected chi connectivity index (χ3v) is 5.44. The molecule has 0 atom stereocenters. The predicted molar refractivity (Wildman–Crippen MR) is 101 cm³/mol. The lowest BCUT2D eigenvalue weighted by atomic mass is 10.0. The van der Waals surface area contributed by atoms with Gasteiger partial charge in [-0.2, -0.15) is 0 Å². The predicted octanol–water partition coefficient (Wildman–Crippen LogP) is 3.41. The molecule has 1 aliphatic heterocycles. The van der Waals surface area contributed by atoms with Gasteiger partial charge in [-0.3, -0.25) is 9.59 Å². The van der Waals surface area contributed by atoms with Crippen LogP contribution in [0.1, 0.15) is 68.3 Å². The van der Waals surface area contributed by atoms with Gasteiger partial charge in [0.05, 0.1) is 5.56 Å². The molecule has 0 bridgehead atoms. The molecule has 2 amide bonds. The standard InChI is InChI=1S/C20H33N3O2/c1-7-17(8-2)19(24)21-9-11-22(12-10-21)20(25)18-13-15(5)23(14(3)4)16(18)6/h13-14,17H,7-12H2,1-6H3. The molecule has 0 radical (unpaired) electrons. The molecule has 1 fully saturated rings. The Morgan fingerprint density at radius 3 is 1.96 bits per heavy atom. The average molecular weight is 348 g/mol. The molecule has 1 aromatic heterocycles. The van der Waals surface area contributed by atoms with Crippen molar-refractivity contribution in [3.63, 3.8) is 0 Å². The molecule has 0 aliphatic carbocycles. The minimum Gasteiger partial charge on any atom is -0.346 e. The highest BCUT2D eigenvalue weighted by Gasteiger charge is 2.29. The van der Waals surface area contributed by atoms with E-state index in [0.29, 0.717) is 32.2 Å². The van der Waals surface area contributed by atoms with E-state index in [1.165, 1.54) is 0 Å². The van der Waals surface area contributed by atoms with Crippen molar-refractivity contribution in [2.45, 2.75) is 60.4 Å². The monoisotopic (exact) mass is 347 g/mol. The maximum atomic E-state index is 12.9. The van der Waals surface area contributed by atoms with Crippen molar-refractivity contribution in [2.24, 2.45) is 5.92 Å². The maximum Gasteiger partial charge on any atom is 0.255 e. The number of nitrogens with zero attached hydrogens (tertiary/aromatic N) is 3. The van der Waals surface area contributed by atoms with Crippen LogP contribution in [0.25, 0.3) is 0 Å². The van der Waals surface area contributed by atoms with Gasteiger partial charge in [0.25, 0.3) is 5.91 Å². The second kappa shape index (κ2) is 8.07. The Morgan fingerprint density at radius 2 is 1.52 bits per heavy atom.